The van der Waals surface area contributed by atoms with Crippen LogP contribution in [0.1, 0.15) is 12.8 Å². The molecule has 4 rings (SSSR count). The lowest BCUT2D eigenvalue weighted by molar-refractivity contribution is 0.0504. The molecule has 3 saturated heterocycles. The number of fused-ring (bicyclic) bond motifs is 1. The Morgan fingerprint density at radius 1 is 0.920 bits per heavy atom. The van der Waals surface area contributed by atoms with E-state index in [9.17, 15) is 13.2 Å². The summed E-state index contributed by atoms with van der Waals surface area (Å²) in [5, 5.41) is 0. The first kappa shape index (κ1) is 16.8. The fourth-order valence-corrected chi connectivity index (χ4v) is 5.46. The topological polar surface area (TPSA) is 70.2 Å². The van der Waals surface area contributed by atoms with Crippen LogP contribution < -0.4 is 0 Å². The van der Waals surface area contributed by atoms with E-state index in [2.05, 4.69) is 0 Å². The van der Waals surface area contributed by atoms with Gasteiger partial charge in [-0.3, -0.25) is 0 Å². The third-order valence-electron chi connectivity index (χ3n) is 5.36. The Balaban J connectivity index is 1.49. The molecule has 3 fully saturated rings. The second-order valence-electron chi connectivity index (χ2n) is 6.80. The number of nitrogens with zero attached hydrogens (tertiary/aromatic N) is 3. The summed E-state index contributed by atoms with van der Waals surface area (Å²) in [7, 11) is -3.50. The van der Waals surface area contributed by atoms with Gasteiger partial charge in [-0.05, 0) is 25.0 Å². The van der Waals surface area contributed by atoms with Crippen LogP contribution in [0.15, 0.2) is 35.2 Å². The summed E-state index contributed by atoms with van der Waals surface area (Å²) in [6.45, 7) is 3.14. The van der Waals surface area contributed by atoms with Gasteiger partial charge in [0.2, 0.25) is 10.0 Å². The number of carbonyl (C=O) groups is 1. The normalized spacial score (nSPS) is 26.1. The molecule has 7 nitrogen and oxygen atoms in total. The van der Waals surface area contributed by atoms with Gasteiger partial charge >= 0.3 is 6.03 Å². The number of ether oxygens (including phenoxy) is 1. The Bertz CT molecular complexity index is 734. The highest BCUT2D eigenvalue weighted by atomic mass is 32.2. The van der Waals surface area contributed by atoms with E-state index in [1.165, 1.54) is 4.31 Å². The fraction of sp³-hybridized carbons (Fsp3) is 0.588. The lowest BCUT2D eigenvalue weighted by atomic mass is 10.1. The molecule has 136 valence electrons. The van der Waals surface area contributed by atoms with Crippen LogP contribution in [0.2, 0.25) is 0 Å². The molecule has 3 heterocycles. The van der Waals surface area contributed by atoms with Crippen molar-refractivity contribution in [2.75, 3.05) is 39.4 Å². The van der Waals surface area contributed by atoms with Gasteiger partial charge in [-0.15, -0.1) is 0 Å². The van der Waals surface area contributed by atoms with Gasteiger partial charge in [0.1, 0.15) is 0 Å². The monoisotopic (exact) mass is 365 g/mol. The first-order valence-corrected chi connectivity index (χ1v) is 10.2. The Hall–Kier alpha value is -1.64. The highest BCUT2D eigenvalue weighted by Crippen LogP contribution is 2.28. The lowest BCUT2D eigenvalue weighted by Crippen LogP contribution is -2.53. The van der Waals surface area contributed by atoms with E-state index in [-0.39, 0.29) is 18.1 Å². The molecule has 1 aromatic rings. The van der Waals surface area contributed by atoms with Crippen LogP contribution in [0.3, 0.4) is 0 Å². The minimum absolute atomic E-state index is 0.0497. The summed E-state index contributed by atoms with van der Waals surface area (Å²) in [6.07, 6.45) is 1.72. The molecule has 0 radical (unpaired) electrons. The molecule has 3 aliphatic heterocycles. The number of urea groups is 1. The number of benzene rings is 1. The molecule has 0 bridgehead atoms. The Morgan fingerprint density at radius 3 is 2.36 bits per heavy atom. The molecular formula is C17H23N3O4S. The molecule has 1 atom stereocenters. The molecule has 0 N–H and O–H groups in total. The number of rotatable bonds is 3. The van der Waals surface area contributed by atoms with E-state index in [4.69, 9.17) is 4.74 Å². The van der Waals surface area contributed by atoms with Gasteiger partial charge in [0.05, 0.1) is 10.9 Å². The summed E-state index contributed by atoms with van der Waals surface area (Å²) in [5.74, 6) is 0. The molecule has 3 aliphatic rings. The summed E-state index contributed by atoms with van der Waals surface area (Å²) >= 11 is 0. The number of piperazine rings is 1. The van der Waals surface area contributed by atoms with Crippen LogP contribution in [0.5, 0.6) is 0 Å². The Kier molecular flexibility index (Phi) is 4.43. The van der Waals surface area contributed by atoms with Crippen LogP contribution in [0.25, 0.3) is 0 Å². The molecule has 1 aromatic carbocycles. The van der Waals surface area contributed by atoms with E-state index in [0.717, 1.165) is 12.8 Å². The molecule has 0 aliphatic carbocycles. The van der Waals surface area contributed by atoms with Gasteiger partial charge in [0, 0.05) is 45.4 Å². The Labute approximate surface area is 148 Å². The number of sulfonamides is 1. The number of hydrogen-bond acceptors (Lipinski definition) is 4. The molecular weight excluding hydrogens is 342 g/mol. The van der Waals surface area contributed by atoms with Crippen molar-refractivity contribution < 1.29 is 17.9 Å². The molecule has 0 spiro atoms. The zero-order valence-electron chi connectivity index (χ0n) is 14.1. The summed E-state index contributed by atoms with van der Waals surface area (Å²) in [5.41, 5.74) is 0. The maximum absolute atomic E-state index is 12.8. The third kappa shape index (κ3) is 3.02. The SMILES string of the molecule is O=C1N(C2CCOCC2)C[C@H]2CN(S(=O)(=O)c3ccccc3)CCN12. The molecule has 25 heavy (non-hydrogen) atoms. The highest BCUT2D eigenvalue weighted by Gasteiger charge is 2.45. The molecule has 0 unspecified atom stereocenters. The van der Waals surface area contributed by atoms with Crippen LogP contribution in [-0.2, 0) is 14.8 Å². The summed E-state index contributed by atoms with van der Waals surface area (Å²) < 4.78 is 32.6. The first-order chi connectivity index (χ1) is 12.1. The van der Waals surface area contributed by atoms with Gasteiger partial charge in [0.15, 0.2) is 0 Å². The van der Waals surface area contributed by atoms with Crippen LogP contribution in [-0.4, -0.2) is 80.0 Å². The minimum atomic E-state index is -3.50. The maximum Gasteiger partial charge on any atom is 0.320 e. The van der Waals surface area contributed by atoms with Crippen molar-refractivity contribution in [2.24, 2.45) is 0 Å². The number of hydrogen-bond donors (Lipinski definition) is 0. The van der Waals surface area contributed by atoms with E-state index in [0.29, 0.717) is 44.3 Å². The van der Waals surface area contributed by atoms with Crippen LogP contribution in [0, 0.1) is 0 Å². The van der Waals surface area contributed by atoms with Gasteiger partial charge in [-0.2, -0.15) is 4.31 Å². The average Bonchev–Trinajstić information content (AvgIpc) is 2.99. The van der Waals surface area contributed by atoms with Crippen molar-refractivity contribution in [1.82, 2.24) is 14.1 Å². The van der Waals surface area contributed by atoms with Crippen molar-refractivity contribution in [3.05, 3.63) is 30.3 Å². The lowest BCUT2D eigenvalue weighted by Gasteiger charge is -2.35. The van der Waals surface area contributed by atoms with Gasteiger partial charge in [-0.1, -0.05) is 18.2 Å². The van der Waals surface area contributed by atoms with Gasteiger partial charge < -0.3 is 14.5 Å². The van der Waals surface area contributed by atoms with Crippen LogP contribution >= 0.6 is 0 Å². The molecule has 0 aromatic heterocycles. The van der Waals surface area contributed by atoms with Crippen molar-refractivity contribution in [3.8, 4) is 0 Å². The zero-order valence-corrected chi connectivity index (χ0v) is 14.9. The molecule has 8 heteroatoms. The standard InChI is InChI=1S/C17H23N3O4S/c21-17-19-9-8-18(25(22,23)16-4-2-1-3-5-16)12-15(19)13-20(17)14-6-10-24-11-7-14/h1-5,14-15H,6-13H2/t15-/m1/s1. The second kappa shape index (κ2) is 6.59. The van der Waals surface area contributed by atoms with E-state index < -0.39 is 10.0 Å². The smallest absolute Gasteiger partial charge is 0.320 e. The first-order valence-electron chi connectivity index (χ1n) is 8.77. The molecule has 0 saturated carbocycles. The van der Waals surface area contributed by atoms with E-state index >= 15 is 0 Å². The van der Waals surface area contributed by atoms with Gasteiger partial charge in [0.25, 0.3) is 0 Å². The second-order valence-corrected chi connectivity index (χ2v) is 8.74. The maximum atomic E-state index is 12.8. The van der Waals surface area contributed by atoms with Crippen molar-refractivity contribution in [1.29, 1.82) is 0 Å². The third-order valence-corrected chi connectivity index (χ3v) is 7.24. The quantitative estimate of drug-likeness (QED) is 0.801. The molecule has 2 amide bonds. The van der Waals surface area contributed by atoms with Crippen LogP contribution in [0.4, 0.5) is 4.79 Å². The van der Waals surface area contributed by atoms with E-state index in [1.807, 2.05) is 9.80 Å². The predicted molar refractivity (Wildman–Crippen MR) is 91.6 cm³/mol. The zero-order chi connectivity index (χ0) is 17.4. The van der Waals surface area contributed by atoms with Crippen molar-refractivity contribution in [3.63, 3.8) is 0 Å². The average molecular weight is 365 g/mol. The summed E-state index contributed by atoms with van der Waals surface area (Å²) in [6, 6.07) is 8.70. The number of amides is 2. The van der Waals surface area contributed by atoms with Gasteiger partial charge in [-0.25, -0.2) is 13.2 Å². The van der Waals surface area contributed by atoms with Crippen molar-refractivity contribution >= 4 is 16.1 Å². The minimum Gasteiger partial charge on any atom is -0.381 e. The van der Waals surface area contributed by atoms with Crippen molar-refractivity contribution in [2.45, 2.75) is 29.8 Å². The highest BCUT2D eigenvalue weighted by molar-refractivity contribution is 7.89. The Morgan fingerprint density at radius 2 is 1.64 bits per heavy atom. The largest absolute Gasteiger partial charge is 0.381 e. The predicted octanol–water partition coefficient (Wildman–Crippen LogP) is 0.976. The summed E-state index contributed by atoms with van der Waals surface area (Å²) in [4.78, 5) is 16.8. The fourth-order valence-electron chi connectivity index (χ4n) is 3.97. The van der Waals surface area contributed by atoms with E-state index in [1.54, 1.807) is 30.3 Å². The number of carbonyl (C=O) groups excluding carboxylic acids is 1.